The van der Waals surface area contributed by atoms with Crippen molar-refractivity contribution in [1.82, 2.24) is 19.4 Å². The van der Waals surface area contributed by atoms with Crippen LogP contribution in [0.3, 0.4) is 0 Å². The van der Waals surface area contributed by atoms with Gasteiger partial charge in [0.25, 0.3) is 5.56 Å². The summed E-state index contributed by atoms with van der Waals surface area (Å²) in [6, 6.07) is 0. The molecule has 1 aliphatic heterocycles. The third kappa shape index (κ3) is 4.15. The molecule has 0 aliphatic carbocycles. The zero-order valence-electron chi connectivity index (χ0n) is 13.4. The molecule has 0 spiro atoms. The molecule has 0 radical (unpaired) electrons. The Labute approximate surface area is 138 Å². The van der Waals surface area contributed by atoms with Crippen LogP contribution in [0.4, 0.5) is 5.82 Å². The molecule has 2 aromatic heterocycles. The van der Waals surface area contributed by atoms with Gasteiger partial charge in [0.15, 0.2) is 5.82 Å². The Hall–Kier alpha value is -1.77. The summed E-state index contributed by atoms with van der Waals surface area (Å²) < 4.78 is 7.30. The van der Waals surface area contributed by atoms with Crippen LogP contribution in [0.2, 0.25) is 0 Å². The van der Waals surface area contributed by atoms with Gasteiger partial charge in [-0.25, -0.2) is 9.97 Å². The van der Waals surface area contributed by atoms with E-state index in [9.17, 15) is 4.79 Å². The summed E-state index contributed by atoms with van der Waals surface area (Å²) in [5, 5.41) is 4.20. The highest BCUT2D eigenvalue weighted by Crippen LogP contribution is 2.16. The number of hydrogen-bond acceptors (Lipinski definition) is 7. The lowest BCUT2D eigenvalue weighted by atomic mass is 10.2. The van der Waals surface area contributed by atoms with Crippen LogP contribution in [0.15, 0.2) is 23.4 Å². The zero-order valence-corrected chi connectivity index (χ0v) is 14.2. The van der Waals surface area contributed by atoms with Gasteiger partial charge in [-0.15, -0.1) is 11.3 Å². The molecule has 0 amide bonds. The molecule has 23 heavy (non-hydrogen) atoms. The van der Waals surface area contributed by atoms with Crippen molar-refractivity contribution in [2.75, 3.05) is 31.6 Å². The van der Waals surface area contributed by atoms with E-state index in [1.54, 1.807) is 30.8 Å². The number of anilines is 1. The average Bonchev–Trinajstić information content (AvgIpc) is 2.94. The third-order valence-corrected chi connectivity index (χ3v) is 4.68. The van der Waals surface area contributed by atoms with Crippen molar-refractivity contribution in [3.8, 4) is 0 Å². The van der Waals surface area contributed by atoms with Crippen molar-refractivity contribution < 1.29 is 4.74 Å². The Morgan fingerprint density at radius 3 is 3.13 bits per heavy atom. The first kappa shape index (κ1) is 16.1. The number of morpholine rings is 1. The summed E-state index contributed by atoms with van der Waals surface area (Å²) in [6.07, 6.45) is 5.25. The smallest absolute Gasteiger partial charge is 0.293 e. The molecule has 0 bridgehead atoms. The van der Waals surface area contributed by atoms with Gasteiger partial charge >= 0.3 is 0 Å². The highest BCUT2D eigenvalue weighted by atomic mass is 32.1. The van der Waals surface area contributed by atoms with Gasteiger partial charge in [-0.1, -0.05) is 0 Å². The summed E-state index contributed by atoms with van der Waals surface area (Å²) in [4.78, 5) is 24.0. The van der Waals surface area contributed by atoms with Crippen LogP contribution in [0.25, 0.3) is 0 Å². The Balaban J connectivity index is 1.54. The Morgan fingerprint density at radius 1 is 1.48 bits per heavy atom. The van der Waals surface area contributed by atoms with Crippen LogP contribution >= 0.6 is 11.3 Å². The molecule has 8 heteroatoms. The third-order valence-electron chi connectivity index (χ3n) is 3.79. The number of nitrogens with one attached hydrogen (secondary N) is 1. The van der Waals surface area contributed by atoms with Crippen LogP contribution in [0.1, 0.15) is 9.88 Å². The fourth-order valence-corrected chi connectivity index (χ4v) is 3.41. The molecule has 1 atom stereocenters. The number of nitrogens with zero attached hydrogens (tertiary/aromatic N) is 4. The van der Waals surface area contributed by atoms with Gasteiger partial charge in [0, 0.05) is 56.7 Å². The molecule has 1 aliphatic rings. The lowest BCUT2D eigenvalue weighted by Crippen LogP contribution is -2.45. The second-order valence-electron chi connectivity index (χ2n) is 5.65. The predicted octanol–water partition coefficient (Wildman–Crippen LogP) is 0.858. The van der Waals surface area contributed by atoms with E-state index in [-0.39, 0.29) is 11.7 Å². The van der Waals surface area contributed by atoms with Crippen molar-refractivity contribution in [1.29, 1.82) is 0 Å². The lowest BCUT2D eigenvalue weighted by molar-refractivity contribution is -0.0237. The minimum atomic E-state index is -0.125. The Morgan fingerprint density at radius 2 is 2.35 bits per heavy atom. The number of aryl methyl sites for hydroxylation is 2. The van der Waals surface area contributed by atoms with E-state index in [0.717, 1.165) is 24.6 Å². The number of hydrogen-bond donors (Lipinski definition) is 1. The molecule has 0 saturated carbocycles. The predicted molar refractivity (Wildman–Crippen MR) is 89.8 cm³/mol. The number of thiazole rings is 1. The summed E-state index contributed by atoms with van der Waals surface area (Å²) in [5.74, 6) is 0.369. The van der Waals surface area contributed by atoms with Crippen molar-refractivity contribution in [2.45, 2.75) is 19.6 Å². The molecule has 124 valence electrons. The SMILES string of the molecule is Cc1ncc(CN2CCO[C@H](CNc3nccn(C)c3=O)C2)s1. The molecule has 7 nitrogen and oxygen atoms in total. The highest BCUT2D eigenvalue weighted by Gasteiger charge is 2.21. The van der Waals surface area contributed by atoms with Crippen molar-refractivity contribution in [3.63, 3.8) is 0 Å². The van der Waals surface area contributed by atoms with Crippen LogP contribution in [-0.4, -0.2) is 51.8 Å². The first-order valence-corrected chi connectivity index (χ1v) is 8.44. The molecular weight excluding hydrogens is 314 g/mol. The second-order valence-corrected chi connectivity index (χ2v) is 6.97. The van der Waals surface area contributed by atoms with Gasteiger partial charge in [-0.05, 0) is 6.92 Å². The number of aromatic nitrogens is 3. The molecule has 2 aromatic rings. The summed E-state index contributed by atoms with van der Waals surface area (Å²) >= 11 is 1.73. The first-order valence-electron chi connectivity index (χ1n) is 7.62. The van der Waals surface area contributed by atoms with E-state index in [1.807, 2.05) is 13.1 Å². The lowest BCUT2D eigenvalue weighted by Gasteiger charge is -2.32. The Bertz CT molecular complexity index is 714. The van der Waals surface area contributed by atoms with Gasteiger partial charge in [0.05, 0.1) is 17.7 Å². The van der Waals surface area contributed by atoms with Crippen molar-refractivity contribution >= 4 is 17.2 Å². The monoisotopic (exact) mass is 335 g/mol. The maximum absolute atomic E-state index is 11.9. The maximum atomic E-state index is 11.9. The van der Waals surface area contributed by atoms with Gasteiger partial charge < -0.3 is 14.6 Å². The molecular formula is C15H21N5O2S. The number of ether oxygens (including phenoxy) is 1. The number of rotatable bonds is 5. The molecule has 0 aromatic carbocycles. The summed E-state index contributed by atoms with van der Waals surface area (Å²) in [7, 11) is 1.71. The van der Waals surface area contributed by atoms with Gasteiger partial charge in [-0.2, -0.15) is 0 Å². The van der Waals surface area contributed by atoms with E-state index in [1.165, 1.54) is 9.44 Å². The second kappa shape index (κ2) is 7.20. The van der Waals surface area contributed by atoms with E-state index in [4.69, 9.17) is 4.74 Å². The van der Waals surface area contributed by atoms with Gasteiger partial charge in [0.2, 0.25) is 0 Å². The van der Waals surface area contributed by atoms with E-state index < -0.39 is 0 Å². The van der Waals surface area contributed by atoms with Gasteiger partial charge in [0.1, 0.15) is 0 Å². The van der Waals surface area contributed by atoms with E-state index >= 15 is 0 Å². The normalized spacial score (nSPS) is 19.0. The van der Waals surface area contributed by atoms with Crippen LogP contribution in [0.5, 0.6) is 0 Å². The van der Waals surface area contributed by atoms with Crippen molar-refractivity contribution in [3.05, 3.63) is 38.8 Å². The fraction of sp³-hybridized carbons (Fsp3) is 0.533. The average molecular weight is 335 g/mol. The van der Waals surface area contributed by atoms with Crippen LogP contribution in [-0.2, 0) is 18.3 Å². The largest absolute Gasteiger partial charge is 0.374 e. The Kier molecular flexibility index (Phi) is 5.04. The molecule has 1 fully saturated rings. The van der Waals surface area contributed by atoms with Crippen LogP contribution < -0.4 is 10.9 Å². The standard InChI is InChI=1S/C15H21N5O2S/c1-11-17-8-13(23-11)10-20-5-6-22-12(9-20)7-18-14-15(21)19(2)4-3-16-14/h3-4,8,12H,5-7,9-10H2,1-2H3,(H,16,18)/t12-/m1/s1. The summed E-state index contributed by atoms with van der Waals surface area (Å²) in [6.45, 7) is 5.94. The highest BCUT2D eigenvalue weighted by molar-refractivity contribution is 7.11. The van der Waals surface area contributed by atoms with E-state index in [0.29, 0.717) is 19.0 Å². The molecule has 3 rings (SSSR count). The molecule has 1 N–H and O–H groups in total. The topological polar surface area (TPSA) is 72.3 Å². The minimum absolute atomic E-state index is 0.0458. The quantitative estimate of drug-likeness (QED) is 0.874. The fourth-order valence-electron chi connectivity index (χ4n) is 2.58. The zero-order chi connectivity index (χ0) is 16.2. The minimum Gasteiger partial charge on any atom is -0.374 e. The summed E-state index contributed by atoms with van der Waals surface area (Å²) in [5.41, 5.74) is -0.125. The first-order chi connectivity index (χ1) is 11.1. The van der Waals surface area contributed by atoms with E-state index in [2.05, 4.69) is 20.2 Å². The maximum Gasteiger partial charge on any atom is 0.293 e. The molecule has 0 unspecified atom stereocenters. The molecule has 1 saturated heterocycles. The van der Waals surface area contributed by atoms with Gasteiger partial charge in [-0.3, -0.25) is 9.69 Å². The van der Waals surface area contributed by atoms with Crippen molar-refractivity contribution in [2.24, 2.45) is 7.05 Å². The van der Waals surface area contributed by atoms with Crippen LogP contribution in [0, 0.1) is 6.92 Å². The molecule has 3 heterocycles.